The summed E-state index contributed by atoms with van der Waals surface area (Å²) < 4.78 is 95.6. The topological polar surface area (TPSA) is 455 Å². The van der Waals surface area contributed by atoms with Gasteiger partial charge in [-0.05, 0) is 48.5 Å². The number of carbonyl (C=O) groups excluding carboxylic acids is 7. The second kappa shape index (κ2) is 73.4. The lowest BCUT2D eigenvalue weighted by Crippen LogP contribution is -2.17. The van der Waals surface area contributed by atoms with E-state index in [1.165, 1.54) is 98.2 Å². The number of hydrogen-bond acceptors (Lipinski definition) is 35. The predicted octanol–water partition coefficient (Wildman–Crippen LogP) is 1.17. The van der Waals surface area contributed by atoms with Gasteiger partial charge in [0, 0.05) is 49.8 Å². The molecular weight excluding hydrogens is 1150 g/mol. The van der Waals surface area contributed by atoms with Gasteiger partial charge in [0.1, 0.15) is 92.5 Å². The molecule has 0 heterocycles. The van der Waals surface area contributed by atoms with E-state index in [-0.39, 0.29) is 92.5 Å². The highest BCUT2D eigenvalue weighted by atomic mass is 16.8. The van der Waals surface area contributed by atoms with Crippen LogP contribution in [0.2, 0.25) is 0 Å². The van der Waals surface area contributed by atoms with E-state index in [2.05, 4.69) is 99.5 Å². The van der Waals surface area contributed by atoms with E-state index in [9.17, 15) is 33.6 Å². The molecule has 0 saturated heterocycles. The summed E-state index contributed by atoms with van der Waals surface area (Å²) in [5.41, 5.74) is 0. The summed E-state index contributed by atoms with van der Waals surface area (Å²) in [6, 6.07) is 0. The molecule has 0 radical (unpaired) electrons. The average Bonchev–Trinajstić information content (AvgIpc) is 3.43. The van der Waals surface area contributed by atoms with Crippen molar-refractivity contribution in [3.8, 4) is 0 Å². The van der Waals surface area contributed by atoms with Gasteiger partial charge in [0.2, 0.25) is 0 Å². The number of aliphatic hydroxyl groups is 7. The van der Waals surface area contributed by atoms with Crippen molar-refractivity contribution in [1.29, 1.82) is 0 Å². The summed E-state index contributed by atoms with van der Waals surface area (Å²) in [5, 5.41) is 61.0. The van der Waals surface area contributed by atoms with Crippen molar-refractivity contribution in [2.45, 2.75) is 91.2 Å². The number of ether oxygens (including phenoxy) is 21. The molecule has 7 atom stereocenters. The molecule has 0 aliphatic rings. The molecule has 0 fully saturated rings. The molecule has 35 nitrogen and oxygen atoms in total. The first-order valence-corrected chi connectivity index (χ1v) is 25.4. The minimum Gasteiger partial charge on any atom is -0.432 e. The van der Waals surface area contributed by atoms with Gasteiger partial charge >= 0.3 is 43.1 Å². The van der Waals surface area contributed by atoms with Crippen LogP contribution >= 0.6 is 0 Å². The second-order valence-corrected chi connectivity index (χ2v) is 15.8. The molecule has 0 spiro atoms. The molecular formula is C49H98O35. The molecule has 0 aromatic rings. The number of hydrogen-bond donors (Lipinski definition) is 7. The monoisotopic (exact) mass is 1250 g/mol. The molecule has 0 rings (SSSR count). The Morgan fingerprint density at radius 1 is 0.202 bits per heavy atom. The highest BCUT2D eigenvalue weighted by molar-refractivity contribution is 5.61. The van der Waals surface area contributed by atoms with Gasteiger partial charge in [-0.1, -0.05) is 0 Å². The van der Waals surface area contributed by atoms with Crippen molar-refractivity contribution in [1.82, 2.24) is 0 Å². The van der Waals surface area contributed by atoms with Crippen molar-refractivity contribution in [2.75, 3.05) is 189 Å². The quantitative estimate of drug-likeness (QED) is 0.0266. The van der Waals surface area contributed by atoms with Crippen LogP contribution in [0.1, 0.15) is 48.5 Å². The molecule has 0 bridgehead atoms. The number of carbonyl (C=O) groups is 7. The van der Waals surface area contributed by atoms with Gasteiger partial charge in [0.05, 0.1) is 89.0 Å². The molecule has 35 heteroatoms. The highest BCUT2D eigenvalue weighted by Crippen LogP contribution is 1.94. The van der Waals surface area contributed by atoms with Gasteiger partial charge in [-0.2, -0.15) is 0 Å². The lowest BCUT2D eigenvalue weighted by molar-refractivity contribution is 0.0128. The fraction of sp³-hybridized carbons (Fsp3) is 0.857. The Labute approximate surface area is 490 Å². The summed E-state index contributed by atoms with van der Waals surface area (Å²) in [7, 11) is 10.5. The maximum atomic E-state index is 10.6. The van der Waals surface area contributed by atoms with E-state index in [0.717, 1.165) is 0 Å². The van der Waals surface area contributed by atoms with Crippen LogP contribution in [0.5, 0.6) is 0 Å². The number of aliphatic hydroxyl groups excluding tert-OH is 7. The Balaban J connectivity index is -0.000000165. The van der Waals surface area contributed by atoms with Crippen molar-refractivity contribution >= 4 is 43.1 Å². The Hall–Kier alpha value is -5.67. The summed E-state index contributed by atoms with van der Waals surface area (Å²) in [4.78, 5) is 74.3. The first kappa shape index (κ1) is 92.1. The van der Waals surface area contributed by atoms with Crippen LogP contribution in [0.3, 0.4) is 0 Å². The largest absolute Gasteiger partial charge is 0.508 e. The zero-order chi connectivity index (χ0) is 65.8. The maximum absolute atomic E-state index is 10.6. The van der Waals surface area contributed by atoms with E-state index >= 15 is 0 Å². The molecule has 7 N–H and O–H groups in total. The van der Waals surface area contributed by atoms with Gasteiger partial charge in [-0.25, -0.2) is 33.6 Å². The van der Waals surface area contributed by atoms with E-state index in [4.69, 9.17) is 35.7 Å². The van der Waals surface area contributed by atoms with Gasteiger partial charge < -0.3 is 135 Å². The Bertz CT molecular complexity index is 1160. The molecule has 84 heavy (non-hydrogen) atoms. The molecule has 0 aliphatic heterocycles. The SMILES string of the molecule is COCCOC(=O)OCC(C)O.COCCOC(=O)OCC(C)O.COCCOC(=O)OCC(C)O.COCCOC(=O)OCC(C)O.COCCOC(=O)OCC(C)O.COCCOC(=O)OCC(C)O.COCCOC(=O)OCC(C)O. The van der Waals surface area contributed by atoms with Crippen molar-refractivity contribution in [2.24, 2.45) is 0 Å². The fourth-order valence-electron chi connectivity index (χ4n) is 3.07. The van der Waals surface area contributed by atoms with Crippen LogP contribution in [0.4, 0.5) is 33.6 Å². The van der Waals surface area contributed by atoms with E-state index in [1.54, 1.807) is 0 Å². The minimum absolute atomic E-state index is 0.0498. The van der Waals surface area contributed by atoms with Gasteiger partial charge in [0.15, 0.2) is 0 Å². The van der Waals surface area contributed by atoms with Crippen molar-refractivity contribution in [3.05, 3.63) is 0 Å². The van der Waals surface area contributed by atoms with Crippen LogP contribution in [0.25, 0.3) is 0 Å². The lowest BCUT2D eigenvalue weighted by Gasteiger charge is -2.06. The highest BCUT2D eigenvalue weighted by Gasteiger charge is 2.10. The molecule has 504 valence electrons. The zero-order valence-corrected chi connectivity index (χ0v) is 51.0. The molecule has 0 aliphatic carbocycles. The normalized spacial score (nSPS) is 12.2. The first-order valence-electron chi connectivity index (χ1n) is 25.4. The number of rotatable bonds is 35. The Morgan fingerprint density at radius 3 is 0.369 bits per heavy atom. The summed E-state index contributed by atoms with van der Waals surface area (Å²) >= 11 is 0. The summed E-state index contributed by atoms with van der Waals surface area (Å²) in [6.07, 6.45) is -10.2. The molecule has 0 aromatic heterocycles. The molecule has 0 saturated carbocycles. The van der Waals surface area contributed by atoms with Crippen molar-refractivity contribution < 1.29 is 169 Å². The molecule has 7 unspecified atom stereocenters. The third-order valence-corrected chi connectivity index (χ3v) is 6.65. The van der Waals surface area contributed by atoms with Crippen LogP contribution in [-0.2, 0) is 99.5 Å². The Kier molecular flexibility index (Phi) is 80.5. The maximum Gasteiger partial charge on any atom is 0.508 e. The third kappa shape index (κ3) is 105. The standard InChI is InChI=1S/7C7H14O5/c7*1-6(8)5-12-7(9)11-4-3-10-2/h7*6,8H,3-5H2,1-2H3. The van der Waals surface area contributed by atoms with Crippen molar-refractivity contribution in [3.63, 3.8) is 0 Å². The van der Waals surface area contributed by atoms with Gasteiger partial charge in [-0.3, -0.25) is 0 Å². The molecule has 0 amide bonds. The number of methoxy groups -OCH3 is 7. The summed E-state index contributed by atoms with van der Waals surface area (Å²) in [6.45, 7) is 13.8. The second-order valence-electron chi connectivity index (χ2n) is 15.8. The average molecular weight is 1250 g/mol. The van der Waals surface area contributed by atoms with Gasteiger partial charge in [0.25, 0.3) is 0 Å². The van der Waals surface area contributed by atoms with E-state index < -0.39 is 85.8 Å². The minimum atomic E-state index is -0.784. The smallest absolute Gasteiger partial charge is 0.432 e. The van der Waals surface area contributed by atoms with Gasteiger partial charge in [-0.15, -0.1) is 0 Å². The molecule has 0 aromatic carbocycles. The summed E-state index contributed by atoms with van der Waals surface area (Å²) in [5.74, 6) is 0. The van der Waals surface area contributed by atoms with Crippen LogP contribution in [0.15, 0.2) is 0 Å². The first-order chi connectivity index (χ1) is 39.6. The van der Waals surface area contributed by atoms with E-state index in [1.807, 2.05) is 0 Å². The van der Waals surface area contributed by atoms with E-state index in [0.29, 0.717) is 46.2 Å². The predicted molar refractivity (Wildman–Crippen MR) is 286 cm³/mol. The van der Waals surface area contributed by atoms with Crippen LogP contribution in [0, 0.1) is 0 Å². The van der Waals surface area contributed by atoms with Crippen LogP contribution in [-0.4, -0.2) is 310 Å². The fourth-order valence-corrected chi connectivity index (χ4v) is 3.07. The third-order valence-electron chi connectivity index (χ3n) is 6.65. The lowest BCUT2D eigenvalue weighted by atomic mass is 10.5. The Morgan fingerprint density at radius 2 is 0.298 bits per heavy atom. The van der Waals surface area contributed by atoms with Crippen LogP contribution < -0.4 is 0 Å². The zero-order valence-electron chi connectivity index (χ0n) is 51.0.